The summed E-state index contributed by atoms with van der Waals surface area (Å²) < 4.78 is 6.06. The highest BCUT2D eigenvalue weighted by Crippen LogP contribution is 2.27. The van der Waals surface area contributed by atoms with E-state index in [9.17, 15) is 9.90 Å². The van der Waals surface area contributed by atoms with E-state index in [0.717, 1.165) is 51.4 Å². The fourth-order valence-corrected chi connectivity index (χ4v) is 4.52. The number of hydrogen-bond donors (Lipinski definition) is 2. The Labute approximate surface area is 204 Å². The van der Waals surface area contributed by atoms with Crippen LogP contribution in [0.15, 0.2) is 97.1 Å². The van der Waals surface area contributed by atoms with Gasteiger partial charge in [0, 0.05) is 16.3 Å². The molecule has 0 aliphatic rings. The van der Waals surface area contributed by atoms with E-state index < -0.39 is 5.97 Å². The Balaban J connectivity index is 1.28. The molecule has 2 N–H and O–H groups in total. The first-order valence-corrected chi connectivity index (χ1v) is 11.9. The quantitative estimate of drug-likeness (QED) is 0.227. The van der Waals surface area contributed by atoms with Crippen molar-refractivity contribution < 1.29 is 14.6 Å². The van der Waals surface area contributed by atoms with Crippen molar-refractivity contribution in [1.29, 1.82) is 0 Å². The number of aromatic carboxylic acids is 1. The van der Waals surface area contributed by atoms with Crippen LogP contribution in [0.3, 0.4) is 0 Å². The summed E-state index contributed by atoms with van der Waals surface area (Å²) in [5.41, 5.74) is 4.22. The Hall–Kier alpha value is -4.31. The third-order valence-electron chi connectivity index (χ3n) is 6.23. The molecule has 4 nitrogen and oxygen atoms in total. The molecule has 0 amide bonds. The minimum atomic E-state index is -0.938. The molecule has 0 saturated heterocycles. The molecule has 0 saturated carbocycles. The standard InChI is InChI=1S/C31H27NO3/c33-31(34)30-27(16-8-20-35-29-17-7-14-24-13-4-5-15-25(24)29)26-19-18-23(21-28(26)32-30)12-6-11-22-9-2-1-3-10-22/h1-7,9-10,12-15,17-19,21,32H,8,11,16,20H2,(H,33,34). The van der Waals surface area contributed by atoms with Crippen LogP contribution in [0.4, 0.5) is 0 Å². The predicted octanol–water partition coefficient (Wildman–Crippen LogP) is 7.29. The first-order chi connectivity index (χ1) is 17.2. The van der Waals surface area contributed by atoms with Crippen molar-refractivity contribution in [3.05, 3.63) is 119 Å². The Morgan fingerprint density at radius 2 is 1.69 bits per heavy atom. The number of benzene rings is 4. The average Bonchev–Trinajstić information content (AvgIpc) is 3.25. The van der Waals surface area contributed by atoms with E-state index in [1.807, 2.05) is 60.7 Å². The third kappa shape index (κ3) is 5.12. The number of carboxylic acid groups (broad SMARTS) is 1. The van der Waals surface area contributed by atoms with Crippen LogP contribution in [0.5, 0.6) is 5.75 Å². The normalized spacial score (nSPS) is 11.4. The van der Waals surface area contributed by atoms with Gasteiger partial charge in [-0.15, -0.1) is 0 Å². The number of ether oxygens (including phenoxy) is 1. The molecule has 0 bridgehead atoms. The summed E-state index contributed by atoms with van der Waals surface area (Å²) in [7, 11) is 0. The summed E-state index contributed by atoms with van der Waals surface area (Å²) in [5.74, 6) is -0.0836. The van der Waals surface area contributed by atoms with Crippen LogP contribution < -0.4 is 4.74 Å². The summed E-state index contributed by atoms with van der Waals surface area (Å²) in [5, 5.41) is 13.0. The lowest BCUT2D eigenvalue weighted by atomic mass is 10.0. The minimum Gasteiger partial charge on any atom is -0.493 e. The number of hydrogen-bond acceptors (Lipinski definition) is 2. The smallest absolute Gasteiger partial charge is 0.352 e. The van der Waals surface area contributed by atoms with Crippen molar-refractivity contribution in [2.24, 2.45) is 0 Å². The molecule has 174 valence electrons. The zero-order valence-corrected chi connectivity index (χ0v) is 19.4. The van der Waals surface area contributed by atoms with E-state index in [-0.39, 0.29) is 5.69 Å². The number of rotatable bonds is 9. The number of carboxylic acids is 1. The van der Waals surface area contributed by atoms with Crippen LogP contribution in [-0.4, -0.2) is 22.7 Å². The molecular formula is C31H27NO3. The lowest BCUT2D eigenvalue weighted by Gasteiger charge is -2.09. The van der Waals surface area contributed by atoms with Crippen molar-refractivity contribution in [3.63, 3.8) is 0 Å². The minimum absolute atomic E-state index is 0.260. The number of aromatic nitrogens is 1. The van der Waals surface area contributed by atoms with E-state index in [2.05, 4.69) is 47.5 Å². The van der Waals surface area contributed by atoms with Crippen LogP contribution in [0.2, 0.25) is 0 Å². The monoisotopic (exact) mass is 461 g/mol. The van der Waals surface area contributed by atoms with Crippen molar-refractivity contribution >= 4 is 33.7 Å². The summed E-state index contributed by atoms with van der Waals surface area (Å²) in [4.78, 5) is 15.1. The molecule has 0 radical (unpaired) electrons. The van der Waals surface area contributed by atoms with Gasteiger partial charge in [-0.2, -0.15) is 0 Å². The van der Waals surface area contributed by atoms with E-state index >= 15 is 0 Å². The van der Waals surface area contributed by atoms with Gasteiger partial charge in [-0.3, -0.25) is 0 Å². The Morgan fingerprint density at radius 1 is 0.886 bits per heavy atom. The fraction of sp³-hybridized carbons (Fsp3) is 0.129. The molecule has 0 aliphatic carbocycles. The number of fused-ring (bicyclic) bond motifs is 2. The predicted molar refractivity (Wildman–Crippen MR) is 142 cm³/mol. The number of nitrogens with one attached hydrogen (secondary N) is 1. The highest BCUT2D eigenvalue weighted by Gasteiger charge is 2.17. The molecule has 1 aromatic heterocycles. The van der Waals surface area contributed by atoms with Gasteiger partial charge >= 0.3 is 5.97 Å². The van der Waals surface area contributed by atoms with Gasteiger partial charge in [-0.05, 0) is 53.5 Å². The number of aromatic amines is 1. The third-order valence-corrected chi connectivity index (χ3v) is 6.23. The van der Waals surface area contributed by atoms with Crippen molar-refractivity contribution in [1.82, 2.24) is 4.98 Å². The largest absolute Gasteiger partial charge is 0.493 e. The number of carbonyl (C=O) groups is 1. The second kappa shape index (κ2) is 10.3. The molecule has 0 fully saturated rings. The number of aryl methyl sites for hydroxylation is 1. The molecule has 0 aliphatic heterocycles. The molecule has 5 aromatic rings. The molecular weight excluding hydrogens is 434 g/mol. The van der Waals surface area contributed by atoms with Crippen LogP contribution in [0.1, 0.15) is 33.6 Å². The van der Waals surface area contributed by atoms with Crippen LogP contribution in [0, 0.1) is 0 Å². The molecule has 4 heteroatoms. The van der Waals surface area contributed by atoms with Gasteiger partial charge in [0.25, 0.3) is 0 Å². The van der Waals surface area contributed by atoms with Crippen LogP contribution in [0.25, 0.3) is 27.8 Å². The second-order valence-electron chi connectivity index (χ2n) is 8.61. The molecule has 5 rings (SSSR count). The first kappa shape index (κ1) is 22.5. The molecule has 35 heavy (non-hydrogen) atoms. The zero-order valence-electron chi connectivity index (χ0n) is 19.4. The van der Waals surface area contributed by atoms with Gasteiger partial charge < -0.3 is 14.8 Å². The lowest BCUT2D eigenvalue weighted by molar-refractivity contribution is 0.0690. The maximum absolute atomic E-state index is 11.9. The lowest BCUT2D eigenvalue weighted by Crippen LogP contribution is -2.04. The average molecular weight is 462 g/mol. The molecule has 0 atom stereocenters. The van der Waals surface area contributed by atoms with Gasteiger partial charge in [0.2, 0.25) is 0 Å². The zero-order chi connectivity index (χ0) is 24.0. The second-order valence-corrected chi connectivity index (χ2v) is 8.61. The fourth-order valence-electron chi connectivity index (χ4n) is 4.52. The van der Waals surface area contributed by atoms with E-state index in [1.54, 1.807) is 0 Å². The van der Waals surface area contributed by atoms with Crippen molar-refractivity contribution in [3.8, 4) is 5.75 Å². The highest BCUT2D eigenvalue weighted by atomic mass is 16.5. The van der Waals surface area contributed by atoms with Crippen molar-refractivity contribution in [2.75, 3.05) is 6.61 Å². The van der Waals surface area contributed by atoms with Crippen LogP contribution >= 0.6 is 0 Å². The summed E-state index contributed by atoms with van der Waals surface area (Å²) >= 11 is 0. The topological polar surface area (TPSA) is 62.3 Å². The molecule has 4 aromatic carbocycles. The molecule has 0 unspecified atom stereocenters. The highest BCUT2D eigenvalue weighted by molar-refractivity contribution is 5.98. The van der Waals surface area contributed by atoms with Gasteiger partial charge in [-0.25, -0.2) is 4.79 Å². The summed E-state index contributed by atoms with van der Waals surface area (Å²) in [6.07, 6.45) is 6.39. The van der Waals surface area contributed by atoms with Crippen molar-refractivity contribution in [2.45, 2.75) is 19.3 Å². The van der Waals surface area contributed by atoms with Gasteiger partial charge in [0.1, 0.15) is 11.4 Å². The maximum Gasteiger partial charge on any atom is 0.352 e. The van der Waals surface area contributed by atoms with Gasteiger partial charge in [-0.1, -0.05) is 91.0 Å². The van der Waals surface area contributed by atoms with Gasteiger partial charge in [0.05, 0.1) is 6.61 Å². The molecule has 1 heterocycles. The van der Waals surface area contributed by atoms with Crippen LogP contribution in [-0.2, 0) is 12.8 Å². The molecule has 0 spiro atoms. The first-order valence-electron chi connectivity index (χ1n) is 11.9. The Morgan fingerprint density at radius 3 is 2.54 bits per heavy atom. The Bertz CT molecular complexity index is 1490. The summed E-state index contributed by atoms with van der Waals surface area (Å²) in [6, 6.07) is 30.5. The Kier molecular flexibility index (Phi) is 6.62. The number of H-pyrrole nitrogens is 1. The van der Waals surface area contributed by atoms with Gasteiger partial charge in [0.15, 0.2) is 0 Å². The number of allylic oxidation sites excluding steroid dienone is 1. The SMILES string of the molecule is O=C(O)c1[nH]c2cc(C=CCc3ccccc3)ccc2c1CCCOc1cccc2ccccc12. The van der Waals surface area contributed by atoms with E-state index in [1.165, 1.54) is 5.56 Å². The maximum atomic E-state index is 11.9. The summed E-state index contributed by atoms with van der Waals surface area (Å²) in [6.45, 7) is 0.514. The van der Waals surface area contributed by atoms with E-state index in [0.29, 0.717) is 13.0 Å². The van der Waals surface area contributed by atoms with E-state index in [4.69, 9.17) is 4.74 Å².